The molecule has 57 heavy (non-hydrogen) atoms. The third-order valence-electron chi connectivity index (χ3n) is 11.1. The van der Waals surface area contributed by atoms with Crippen LogP contribution < -0.4 is 4.90 Å². The quantitative estimate of drug-likeness (QED) is 0.162. The van der Waals surface area contributed by atoms with Crippen molar-refractivity contribution >= 4 is 70.5 Å². The molecule has 0 bridgehead atoms. The van der Waals surface area contributed by atoms with Crippen LogP contribution in [0.25, 0.3) is 86.6 Å². The van der Waals surface area contributed by atoms with Gasteiger partial charge in [0.2, 0.25) is 0 Å². The standard InChI is InChI=1S/C54H35NOS/c1-3-13-36(14-4-1)38-25-27-39(28-26-38)40-29-31-43(32-30-40)55(50-22-12-21-49-47-18-8-10-24-52(47)57-54(49)50)44-34-41(37-15-5-2-6-16-37)33-42(35-44)45-19-11-20-48-46-17-7-9-23-51(46)56-53(45)48/h1-35H. The van der Waals surface area contributed by atoms with Gasteiger partial charge in [0.1, 0.15) is 11.2 Å². The van der Waals surface area contributed by atoms with E-state index in [9.17, 15) is 0 Å². The van der Waals surface area contributed by atoms with E-state index in [1.165, 1.54) is 42.4 Å². The Morgan fingerprint density at radius 2 is 0.895 bits per heavy atom. The van der Waals surface area contributed by atoms with Crippen molar-refractivity contribution in [1.82, 2.24) is 0 Å². The van der Waals surface area contributed by atoms with Gasteiger partial charge in [-0.05, 0) is 87.5 Å². The molecule has 0 atom stereocenters. The Labute approximate surface area is 335 Å². The lowest BCUT2D eigenvalue weighted by Crippen LogP contribution is -2.10. The van der Waals surface area contributed by atoms with Crippen molar-refractivity contribution in [2.45, 2.75) is 0 Å². The van der Waals surface area contributed by atoms with Crippen LogP contribution in [-0.2, 0) is 0 Å². The molecule has 9 aromatic carbocycles. The highest BCUT2D eigenvalue weighted by Crippen LogP contribution is 2.47. The van der Waals surface area contributed by atoms with E-state index in [-0.39, 0.29) is 0 Å². The molecule has 0 unspecified atom stereocenters. The lowest BCUT2D eigenvalue weighted by atomic mass is 9.96. The number of rotatable bonds is 7. The second-order valence-corrected chi connectivity index (χ2v) is 15.5. The average molecular weight is 746 g/mol. The topological polar surface area (TPSA) is 16.4 Å². The summed E-state index contributed by atoms with van der Waals surface area (Å²) < 4.78 is 9.16. The van der Waals surface area contributed by atoms with E-state index in [1.54, 1.807) is 0 Å². The number of nitrogens with zero attached hydrogens (tertiary/aromatic N) is 1. The van der Waals surface area contributed by atoms with Crippen molar-refractivity contribution in [1.29, 1.82) is 0 Å². The number of hydrogen-bond donors (Lipinski definition) is 0. The predicted molar refractivity (Wildman–Crippen MR) is 243 cm³/mol. The van der Waals surface area contributed by atoms with Gasteiger partial charge in [0, 0.05) is 43.2 Å². The molecule has 0 fully saturated rings. The van der Waals surface area contributed by atoms with Gasteiger partial charge in [-0.3, -0.25) is 0 Å². The zero-order chi connectivity index (χ0) is 37.7. The van der Waals surface area contributed by atoms with Gasteiger partial charge < -0.3 is 9.32 Å². The van der Waals surface area contributed by atoms with E-state index in [0.29, 0.717) is 0 Å². The van der Waals surface area contributed by atoms with Crippen LogP contribution in [-0.4, -0.2) is 0 Å². The Hall–Kier alpha value is -7.20. The third-order valence-corrected chi connectivity index (χ3v) is 12.3. The van der Waals surface area contributed by atoms with Crippen LogP contribution in [0.3, 0.4) is 0 Å². The van der Waals surface area contributed by atoms with E-state index in [4.69, 9.17) is 4.42 Å². The first-order chi connectivity index (χ1) is 28.2. The number of benzene rings is 9. The van der Waals surface area contributed by atoms with Crippen molar-refractivity contribution in [3.63, 3.8) is 0 Å². The highest BCUT2D eigenvalue weighted by molar-refractivity contribution is 7.26. The maximum absolute atomic E-state index is 6.62. The van der Waals surface area contributed by atoms with E-state index >= 15 is 0 Å². The van der Waals surface area contributed by atoms with Gasteiger partial charge in [0.15, 0.2) is 0 Å². The van der Waals surface area contributed by atoms with E-state index in [2.05, 4.69) is 211 Å². The molecule has 268 valence electrons. The summed E-state index contributed by atoms with van der Waals surface area (Å²) in [6.07, 6.45) is 0. The molecule has 0 amide bonds. The monoisotopic (exact) mass is 745 g/mol. The minimum absolute atomic E-state index is 0.896. The van der Waals surface area contributed by atoms with E-state index < -0.39 is 0 Å². The minimum atomic E-state index is 0.896. The molecular weight excluding hydrogens is 711 g/mol. The third kappa shape index (κ3) is 5.88. The summed E-state index contributed by atoms with van der Waals surface area (Å²) in [5.41, 5.74) is 14.4. The lowest BCUT2D eigenvalue weighted by molar-refractivity contribution is 0.670. The molecule has 0 spiro atoms. The van der Waals surface area contributed by atoms with Crippen LogP contribution in [0, 0.1) is 0 Å². The maximum Gasteiger partial charge on any atom is 0.143 e. The van der Waals surface area contributed by atoms with Crippen LogP contribution in [0.5, 0.6) is 0 Å². The fourth-order valence-electron chi connectivity index (χ4n) is 8.29. The van der Waals surface area contributed by atoms with Crippen molar-refractivity contribution in [3.8, 4) is 44.5 Å². The molecule has 11 aromatic rings. The molecule has 0 aliphatic carbocycles. The fourth-order valence-corrected chi connectivity index (χ4v) is 9.50. The molecule has 2 aromatic heterocycles. The molecule has 0 saturated heterocycles. The van der Waals surface area contributed by atoms with Crippen LogP contribution in [0.4, 0.5) is 17.1 Å². The highest BCUT2D eigenvalue weighted by atomic mass is 32.1. The Kier molecular flexibility index (Phi) is 8.04. The molecular formula is C54H35NOS. The summed E-state index contributed by atoms with van der Waals surface area (Å²) in [6.45, 7) is 0. The summed E-state index contributed by atoms with van der Waals surface area (Å²) in [7, 11) is 0. The summed E-state index contributed by atoms with van der Waals surface area (Å²) in [4.78, 5) is 2.44. The Morgan fingerprint density at radius 3 is 1.63 bits per heavy atom. The van der Waals surface area contributed by atoms with Crippen molar-refractivity contribution < 1.29 is 4.42 Å². The molecule has 0 radical (unpaired) electrons. The van der Waals surface area contributed by atoms with E-state index in [1.807, 2.05) is 17.4 Å². The average Bonchev–Trinajstić information content (AvgIpc) is 3.87. The van der Waals surface area contributed by atoms with Gasteiger partial charge in [0.25, 0.3) is 0 Å². The number of furan rings is 1. The first-order valence-corrected chi connectivity index (χ1v) is 20.1. The Bertz CT molecular complexity index is 3210. The molecule has 0 aliphatic rings. The smallest absolute Gasteiger partial charge is 0.143 e. The van der Waals surface area contributed by atoms with Gasteiger partial charge in [-0.2, -0.15) is 0 Å². The van der Waals surface area contributed by atoms with Gasteiger partial charge in [0.05, 0.1) is 10.4 Å². The second kappa shape index (κ2) is 13.8. The maximum atomic E-state index is 6.62. The van der Waals surface area contributed by atoms with Crippen LogP contribution in [0.15, 0.2) is 217 Å². The fraction of sp³-hybridized carbons (Fsp3) is 0. The van der Waals surface area contributed by atoms with Crippen molar-refractivity contribution in [3.05, 3.63) is 212 Å². The highest BCUT2D eigenvalue weighted by Gasteiger charge is 2.21. The van der Waals surface area contributed by atoms with Crippen LogP contribution in [0.1, 0.15) is 0 Å². The Morgan fingerprint density at radius 1 is 0.351 bits per heavy atom. The van der Waals surface area contributed by atoms with Gasteiger partial charge in [-0.1, -0.05) is 164 Å². The normalized spacial score (nSPS) is 11.5. The van der Waals surface area contributed by atoms with Gasteiger partial charge in [-0.25, -0.2) is 0 Å². The Balaban J connectivity index is 1.11. The molecule has 2 heterocycles. The number of thiophene rings is 1. The largest absolute Gasteiger partial charge is 0.455 e. The zero-order valence-corrected chi connectivity index (χ0v) is 31.8. The second-order valence-electron chi connectivity index (χ2n) is 14.5. The zero-order valence-electron chi connectivity index (χ0n) is 31.0. The minimum Gasteiger partial charge on any atom is -0.455 e. The molecule has 0 aliphatic heterocycles. The molecule has 11 rings (SSSR count). The van der Waals surface area contributed by atoms with E-state index in [0.717, 1.165) is 61.3 Å². The summed E-state index contributed by atoms with van der Waals surface area (Å²) in [5, 5.41) is 4.79. The van der Waals surface area contributed by atoms with Gasteiger partial charge in [-0.15, -0.1) is 11.3 Å². The van der Waals surface area contributed by atoms with Crippen molar-refractivity contribution in [2.24, 2.45) is 0 Å². The summed E-state index contributed by atoms with van der Waals surface area (Å²) in [5.74, 6) is 0. The predicted octanol–water partition coefficient (Wildman–Crippen LogP) is 16.1. The van der Waals surface area contributed by atoms with Crippen LogP contribution >= 0.6 is 11.3 Å². The number of fused-ring (bicyclic) bond motifs is 6. The number of para-hydroxylation sites is 2. The molecule has 0 N–H and O–H groups in total. The summed E-state index contributed by atoms with van der Waals surface area (Å²) >= 11 is 1.85. The lowest BCUT2D eigenvalue weighted by Gasteiger charge is -2.27. The summed E-state index contributed by atoms with van der Waals surface area (Å²) in [6, 6.07) is 76.4. The first-order valence-electron chi connectivity index (χ1n) is 19.3. The SMILES string of the molecule is c1ccc(-c2ccc(-c3ccc(N(c4cc(-c5ccccc5)cc(-c5cccc6c5oc5ccccc56)c4)c4cccc5c4sc4ccccc45)cc3)cc2)cc1. The van der Waals surface area contributed by atoms with Crippen molar-refractivity contribution in [2.75, 3.05) is 4.90 Å². The molecule has 3 heteroatoms. The first kappa shape index (κ1) is 33.2. The van der Waals surface area contributed by atoms with Crippen LogP contribution in [0.2, 0.25) is 0 Å². The molecule has 2 nitrogen and oxygen atoms in total. The van der Waals surface area contributed by atoms with Gasteiger partial charge >= 0.3 is 0 Å². The number of anilines is 3. The molecule has 0 saturated carbocycles. The number of hydrogen-bond acceptors (Lipinski definition) is 3.